The van der Waals surface area contributed by atoms with Crippen LogP contribution in [0.15, 0.2) is 48.1 Å². The molecule has 0 saturated carbocycles. The number of nitrogens with one attached hydrogen (secondary N) is 1. The first kappa shape index (κ1) is 18.1. The molecule has 3 heterocycles. The van der Waals surface area contributed by atoms with Gasteiger partial charge in [-0.25, -0.2) is 9.97 Å². The number of rotatable bonds is 4. The van der Waals surface area contributed by atoms with Crippen molar-refractivity contribution >= 4 is 23.7 Å². The van der Waals surface area contributed by atoms with Crippen LogP contribution in [0.2, 0.25) is 0 Å². The van der Waals surface area contributed by atoms with Crippen LogP contribution in [0.25, 0.3) is 11.3 Å². The van der Waals surface area contributed by atoms with E-state index < -0.39 is 0 Å². The Hall–Kier alpha value is -1.73. The summed E-state index contributed by atoms with van der Waals surface area (Å²) in [6.07, 6.45) is 3.89. The van der Waals surface area contributed by atoms with E-state index in [0.717, 1.165) is 42.7 Å². The number of benzene rings is 1. The SMILES string of the molecule is Cl.Cn1ccnc1C1CNCCN1Cc1nc(-c2ccccc2)cs1. The van der Waals surface area contributed by atoms with Gasteiger partial charge in [0.2, 0.25) is 0 Å². The number of hydrogen-bond donors (Lipinski definition) is 1. The third-order valence-corrected chi connectivity index (χ3v) is 5.30. The van der Waals surface area contributed by atoms with Gasteiger partial charge in [0.15, 0.2) is 0 Å². The molecule has 1 aromatic carbocycles. The highest BCUT2D eigenvalue weighted by Gasteiger charge is 2.27. The van der Waals surface area contributed by atoms with E-state index in [-0.39, 0.29) is 12.4 Å². The van der Waals surface area contributed by atoms with Gasteiger partial charge in [0, 0.05) is 50.0 Å². The van der Waals surface area contributed by atoms with Gasteiger partial charge in [0.05, 0.1) is 18.3 Å². The van der Waals surface area contributed by atoms with Gasteiger partial charge in [0.1, 0.15) is 10.8 Å². The zero-order valence-corrected chi connectivity index (χ0v) is 15.8. The van der Waals surface area contributed by atoms with Gasteiger partial charge in [-0.2, -0.15) is 0 Å². The summed E-state index contributed by atoms with van der Waals surface area (Å²) in [6.45, 7) is 3.83. The van der Waals surface area contributed by atoms with Gasteiger partial charge >= 0.3 is 0 Å². The summed E-state index contributed by atoms with van der Waals surface area (Å²) in [5, 5.41) is 6.80. The van der Waals surface area contributed by atoms with Gasteiger partial charge in [0.25, 0.3) is 0 Å². The molecule has 1 aliphatic heterocycles. The topological polar surface area (TPSA) is 46.0 Å². The lowest BCUT2D eigenvalue weighted by molar-refractivity contribution is 0.144. The van der Waals surface area contributed by atoms with Crippen LogP contribution in [0.3, 0.4) is 0 Å². The van der Waals surface area contributed by atoms with E-state index in [9.17, 15) is 0 Å². The fourth-order valence-corrected chi connectivity index (χ4v) is 4.02. The van der Waals surface area contributed by atoms with Crippen LogP contribution in [0.1, 0.15) is 16.9 Å². The van der Waals surface area contributed by atoms with Crippen molar-refractivity contribution in [2.75, 3.05) is 19.6 Å². The molecule has 3 aromatic rings. The highest BCUT2D eigenvalue weighted by atomic mass is 35.5. The van der Waals surface area contributed by atoms with E-state index in [2.05, 4.69) is 56.5 Å². The minimum absolute atomic E-state index is 0. The smallest absolute Gasteiger partial charge is 0.127 e. The maximum Gasteiger partial charge on any atom is 0.127 e. The van der Waals surface area contributed by atoms with E-state index in [1.807, 2.05) is 18.5 Å². The van der Waals surface area contributed by atoms with Crippen molar-refractivity contribution < 1.29 is 0 Å². The van der Waals surface area contributed by atoms with Crippen molar-refractivity contribution in [3.8, 4) is 11.3 Å². The molecule has 132 valence electrons. The van der Waals surface area contributed by atoms with Gasteiger partial charge in [-0.1, -0.05) is 30.3 Å². The lowest BCUT2D eigenvalue weighted by Gasteiger charge is -2.35. The quantitative estimate of drug-likeness (QED) is 0.761. The minimum atomic E-state index is 0. The fraction of sp³-hybridized carbons (Fsp3) is 0.333. The Morgan fingerprint density at radius 2 is 2.12 bits per heavy atom. The van der Waals surface area contributed by atoms with Crippen molar-refractivity contribution in [2.45, 2.75) is 12.6 Å². The second kappa shape index (κ2) is 8.10. The number of aryl methyl sites for hydroxylation is 1. The van der Waals surface area contributed by atoms with E-state index >= 15 is 0 Å². The molecule has 5 nitrogen and oxygen atoms in total. The molecule has 1 N–H and O–H groups in total. The molecule has 2 aromatic heterocycles. The molecule has 7 heteroatoms. The van der Waals surface area contributed by atoms with Crippen LogP contribution in [0.5, 0.6) is 0 Å². The van der Waals surface area contributed by atoms with Crippen LogP contribution in [-0.4, -0.2) is 39.1 Å². The summed E-state index contributed by atoms with van der Waals surface area (Å²) in [5.74, 6) is 1.11. The average molecular weight is 376 g/mol. The molecule has 25 heavy (non-hydrogen) atoms. The summed E-state index contributed by atoms with van der Waals surface area (Å²) < 4.78 is 2.11. The Balaban J connectivity index is 0.00000182. The normalized spacial score (nSPS) is 18.0. The number of thiazole rings is 1. The summed E-state index contributed by atoms with van der Waals surface area (Å²) in [6, 6.07) is 10.7. The van der Waals surface area contributed by atoms with Crippen molar-refractivity contribution in [1.82, 2.24) is 24.8 Å². The van der Waals surface area contributed by atoms with Crippen molar-refractivity contribution in [3.05, 3.63) is 58.9 Å². The summed E-state index contributed by atoms with van der Waals surface area (Å²) in [4.78, 5) is 11.9. The van der Waals surface area contributed by atoms with E-state index in [0.29, 0.717) is 6.04 Å². The fourth-order valence-electron chi connectivity index (χ4n) is 3.19. The zero-order valence-electron chi connectivity index (χ0n) is 14.1. The Morgan fingerprint density at radius 1 is 1.28 bits per heavy atom. The first-order chi connectivity index (χ1) is 11.8. The number of imidazole rings is 1. The molecule has 1 atom stereocenters. The number of halogens is 1. The Kier molecular flexibility index (Phi) is 5.86. The van der Waals surface area contributed by atoms with Gasteiger partial charge in [-0.15, -0.1) is 23.7 Å². The standard InChI is InChI=1S/C18H21N5S.ClH/c1-22-9-8-20-18(22)16-11-19-7-10-23(16)12-17-21-15(13-24-17)14-5-3-2-4-6-14;/h2-6,8-9,13,16,19H,7,10-12H2,1H3;1H. The number of nitrogens with zero attached hydrogens (tertiary/aromatic N) is 4. The van der Waals surface area contributed by atoms with Crippen molar-refractivity contribution in [2.24, 2.45) is 7.05 Å². The molecular formula is C18H22ClN5S. The van der Waals surface area contributed by atoms with Crippen molar-refractivity contribution in [1.29, 1.82) is 0 Å². The molecule has 0 spiro atoms. The molecule has 0 aliphatic carbocycles. The second-order valence-corrected chi connectivity index (χ2v) is 7.02. The number of hydrogen-bond acceptors (Lipinski definition) is 5. The third kappa shape index (κ3) is 3.93. The largest absolute Gasteiger partial charge is 0.337 e. The maximum atomic E-state index is 4.84. The maximum absolute atomic E-state index is 4.84. The van der Waals surface area contributed by atoms with Gasteiger partial charge in [-0.3, -0.25) is 4.90 Å². The molecule has 1 unspecified atom stereocenters. The highest BCUT2D eigenvalue weighted by molar-refractivity contribution is 7.09. The Labute approximate surface area is 158 Å². The first-order valence-corrected chi connectivity index (χ1v) is 9.11. The molecule has 4 rings (SSSR count). The lowest BCUT2D eigenvalue weighted by atomic mass is 10.1. The highest BCUT2D eigenvalue weighted by Crippen LogP contribution is 2.26. The molecule has 0 amide bonds. The van der Waals surface area contributed by atoms with Gasteiger partial charge < -0.3 is 9.88 Å². The van der Waals surface area contributed by atoms with Gasteiger partial charge in [-0.05, 0) is 0 Å². The first-order valence-electron chi connectivity index (χ1n) is 8.23. The van der Waals surface area contributed by atoms with Crippen molar-refractivity contribution in [3.63, 3.8) is 0 Å². The second-order valence-electron chi connectivity index (χ2n) is 6.08. The van der Waals surface area contributed by atoms with Crippen LogP contribution < -0.4 is 5.32 Å². The minimum Gasteiger partial charge on any atom is -0.337 e. The van der Waals surface area contributed by atoms with Crippen LogP contribution in [-0.2, 0) is 13.6 Å². The molecular weight excluding hydrogens is 354 g/mol. The predicted molar refractivity (Wildman–Crippen MR) is 104 cm³/mol. The number of piperazine rings is 1. The predicted octanol–water partition coefficient (Wildman–Crippen LogP) is 3.11. The third-order valence-electron chi connectivity index (χ3n) is 4.47. The van der Waals surface area contributed by atoms with E-state index in [1.165, 1.54) is 5.56 Å². The lowest BCUT2D eigenvalue weighted by Crippen LogP contribution is -2.46. The van der Waals surface area contributed by atoms with Crippen LogP contribution in [0.4, 0.5) is 0 Å². The average Bonchev–Trinajstić information content (AvgIpc) is 3.25. The van der Waals surface area contributed by atoms with Crippen LogP contribution >= 0.6 is 23.7 Å². The van der Waals surface area contributed by atoms with E-state index in [1.54, 1.807) is 11.3 Å². The zero-order chi connectivity index (χ0) is 16.4. The summed E-state index contributed by atoms with van der Waals surface area (Å²) in [7, 11) is 2.06. The monoisotopic (exact) mass is 375 g/mol. The molecule has 1 fully saturated rings. The Bertz CT molecular complexity index is 801. The summed E-state index contributed by atoms with van der Waals surface area (Å²) >= 11 is 1.74. The number of aromatic nitrogens is 3. The molecule has 0 radical (unpaired) electrons. The van der Waals surface area contributed by atoms with Crippen LogP contribution in [0, 0.1) is 0 Å². The Morgan fingerprint density at radius 3 is 2.88 bits per heavy atom. The molecule has 1 aliphatic rings. The molecule has 0 bridgehead atoms. The summed E-state index contributed by atoms with van der Waals surface area (Å²) in [5.41, 5.74) is 2.25. The van der Waals surface area contributed by atoms with E-state index in [4.69, 9.17) is 4.98 Å². The molecule has 1 saturated heterocycles.